The monoisotopic (exact) mass is 634 g/mol. The maximum Gasteiger partial charge on any atom is 0.328 e. The van der Waals surface area contributed by atoms with Crippen LogP contribution in [0.3, 0.4) is 0 Å². The summed E-state index contributed by atoms with van der Waals surface area (Å²) in [5.74, 6) is -5.76. The summed E-state index contributed by atoms with van der Waals surface area (Å²) in [6, 6.07) is 18.0. The number of aliphatic carboxylic acids is 5. The summed E-state index contributed by atoms with van der Waals surface area (Å²) < 4.78 is 6.29. The van der Waals surface area contributed by atoms with Crippen molar-refractivity contribution in [1.29, 1.82) is 0 Å². The molecular formula is C30H35ClN2O11. The summed E-state index contributed by atoms with van der Waals surface area (Å²) in [6.07, 6.45) is 2.33. The molecule has 1 heterocycles. The summed E-state index contributed by atoms with van der Waals surface area (Å²) in [5.41, 5.74) is 2.22. The maximum atomic E-state index is 10.7. The van der Waals surface area contributed by atoms with Crippen molar-refractivity contribution in [3.8, 4) is 0 Å². The minimum absolute atomic E-state index is 0.115. The number of carboxylic acids is 5. The van der Waals surface area contributed by atoms with E-state index in [1.54, 1.807) is 0 Å². The lowest BCUT2D eigenvalue weighted by Gasteiger charge is -2.34. The van der Waals surface area contributed by atoms with Crippen molar-refractivity contribution in [1.82, 2.24) is 9.80 Å². The van der Waals surface area contributed by atoms with Crippen LogP contribution in [0, 0.1) is 0 Å². The molecule has 0 saturated carbocycles. The van der Waals surface area contributed by atoms with Crippen LogP contribution in [0.4, 0.5) is 0 Å². The van der Waals surface area contributed by atoms with E-state index in [0.29, 0.717) is 37.5 Å². The van der Waals surface area contributed by atoms with Gasteiger partial charge in [0.1, 0.15) is 6.10 Å². The number of rotatable bonds is 13. The van der Waals surface area contributed by atoms with Gasteiger partial charge in [0, 0.05) is 68.6 Å². The zero-order valence-electron chi connectivity index (χ0n) is 23.7. The minimum atomic E-state index is -1.26. The lowest BCUT2D eigenvalue weighted by Crippen LogP contribution is -2.47. The van der Waals surface area contributed by atoms with Crippen LogP contribution in [0.1, 0.15) is 23.7 Å². The fraction of sp³-hybridized carbons (Fsp3) is 0.300. The molecule has 1 aliphatic rings. The Labute approximate surface area is 258 Å². The van der Waals surface area contributed by atoms with Crippen molar-refractivity contribution >= 4 is 41.4 Å². The molecule has 1 aliphatic heterocycles. The average Bonchev–Trinajstić information content (AvgIpc) is 2.98. The number of halogens is 1. The second kappa shape index (κ2) is 21.2. The predicted molar refractivity (Wildman–Crippen MR) is 160 cm³/mol. The Bertz CT molecular complexity index is 1190. The molecule has 13 nitrogen and oxygen atoms in total. The van der Waals surface area contributed by atoms with E-state index >= 15 is 0 Å². The van der Waals surface area contributed by atoms with Crippen molar-refractivity contribution in [2.45, 2.75) is 12.5 Å². The van der Waals surface area contributed by atoms with Crippen LogP contribution in [0.25, 0.3) is 0 Å². The van der Waals surface area contributed by atoms with Gasteiger partial charge in [-0.05, 0) is 23.3 Å². The highest BCUT2D eigenvalue weighted by molar-refractivity contribution is 6.30. The molecule has 2 aromatic rings. The van der Waals surface area contributed by atoms with E-state index in [4.69, 9.17) is 41.9 Å². The number of ether oxygens (including phenoxy) is 1. The van der Waals surface area contributed by atoms with E-state index in [-0.39, 0.29) is 12.5 Å². The third-order valence-electron chi connectivity index (χ3n) is 5.81. The molecule has 1 unspecified atom stereocenters. The Morgan fingerprint density at radius 3 is 1.48 bits per heavy atom. The first-order valence-corrected chi connectivity index (χ1v) is 13.6. The summed E-state index contributed by atoms with van der Waals surface area (Å²) in [7, 11) is 0. The number of carbonyl (C=O) groups is 5. The molecule has 1 fully saturated rings. The molecule has 2 aromatic carbocycles. The van der Waals surface area contributed by atoms with Crippen molar-refractivity contribution in [3.63, 3.8) is 0 Å². The molecule has 3 rings (SSSR count). The SMILES string of the molecule is O=C(O)/C=C/C(=O)O.O=C(O)/C=C/C(=O)O.O=C(O)CCN1CCN(CCOC(c2ccccc2)c2ccc(Cl)cc2)CC1. The van der Waals surface area contributed by atoms with Crippen molar-refractivity contribution in [2.75, 3.05) is 45.9 Å². The molecule has 0 radical (unpaired) electrons. The number of nitrogens with zero attached hydrogens (tertiary/aromatic N) is 2. The lowest BCUT2D eigenvalue weighted by molar-refractivity contribution is -0.137. The summed E-state index contributed by atoms with van der Waals surface area (Å²) >= 11 is 6.04. The minimum Gasteiger partial charge on any atom is -0.481 e. The fourth-order valence-electron chi connectivity index (χ4n) is 3.73. The highest BCUT2D eigenvalue weighted by atomic mass is 35.5. The van der Waals surface area contributed by atoms with E-state index in [1.807, 2.05) is 42.5 Å². The number of hydrogen-bond donors (Lipinski definition) is 5. The van der Waals surface area contributed by atoms with Crippen LogP contribution < -0.4 is 0 Å². The second-order valence-corrected chi connectivity index (χ2v) is 9.50. The first kappa shape index (κ1) is 37.5. The molecule has 0 aliphatic carbocycles. The van der Waals surface area contributed by atoms with Gasteiger partial charge in [-0.15, -0.1) is 0 Å². The van der Waals surface area contributed by atoms with Crippen LogP contribution in [-0.2, 0) is 28.7 Å². The van der Waals surface area contributed by atoms with E-state index in [1.165, 1.54) is 0 Å². The quantitative estimate of drug-likeness (QED) is 0.201. The molecule has 0 aromatic heterocycles. The Kier molecular flexibility index (Phi) is 18.0. The summed E-state index contributed by atoms with van der Waals surface area (Å²) in [5, 5.41) is 40.8. The maximum absolute atomic E-state index is 10.7. The van der Waals surface area contributed by atoms with Crippen LogP contribution >= 0.6 is 11.6 Å². The number of benzene rings is 2. The van der Waals surface area contributed by atoms with Gasteiger partial charge in [0.2, 0.25) is 0 Å². The van der Waals surface area contributed by atoms with Gasteiger partial charge in [0.15, 0.2) is 0 Å². The highest BCUT2D eigenvalue weighted by Crippen LogP contribution is 2.27. The standard InChI is InChI=1S/C22H27ClN2O3.2C4H4O4/c23-20-8-6-19(7-9-20)22(18-4-2-1-3-5-18)28-17-16-25-14-12-24(13-15-25)11-10-21(26)27;2*5-3(6)1-2-4(7)8/h1-9,22H,10-17H2,(H,26,27);2*1-2H,(H,5,6)(H,7,8)/b;2*2-1+. The van der Waals surface area contributed by atoms with Crippen molar-refractivity contribution in [2.24, 2.45) is 0 Å². The number of carboxylic acid groups (broad SMARTS) is 5. The normalized spacial score (nSPS) is 14.1. The Morgan fingerprint density at radius 1 is 0.659 bits per heavy atom. The Hall–Kier alpha value is -4.56. The molecule has 14 heteroatoms. The van der Waals surface area contributed by atoms with Gasteiger partial charge in [0.05, 0.1) is 13.0 Å². The van der Waals surface area contributed by atoms with E-state index in [9.17, 15) is 24.0 Å². The van der Waals surface area contributed by atoms with Gasteiger partial charge in [-0.2, -0.15) is 0 Å². The molecule has 5 N–H and O–H groups in total. The Morgan fingerprint density at radius 2 is 1.07 bits per heavy atom. The molecule has 0 amide bonds. The van der Waals surface area contributed by atoms with Crippen LogP contribution in [0.5, 0.6) is 0 Å². The molecule has 1 atom stereocenters. The van der Waals surface area contributed by atoms with Gasteiger partial charge in [-0.25, -0.2) is 19.2 Å². The smallest absolute Gasteiger partial charge is 0.328 e. The van der Waals surface area contributed by atoms with E-state index < -0.39 is 29.8 Å². The fourth-order valence-corrected chi connectivity index (χ4v) is 3.85. The average molecular weight is 635 g/mol. The van der Waals surface area contributed by atoms with Gasteiger partial charge < -0.3 is 35.2 Å². The van der Waals surface area contributed by atoms with E-state index in [2.05, 4.69) is 21.9 Å². The zero-order valence-corrected chi connectivity index (χ0v) is 24.5. The molecular weight excluding hydrogens is 600 g/mol. The molecule has 44 heavy (non-hydrogen) atoms. The topological polar surface area (TPSA) is 202 Å². The van der Waals surface area contributed by atoms with Gasteiger partial charge in [-0.3, -0.25) is 9.69 Å². The third kappa shape index (κ3) is 18.1. The number of piperazine rings is 1. The summed E-state index contributed by atoms with van der Waals surface area (Å²) in [4.78, 5) is 53.5. The third-order valence-corrected chi connectivity index (χ3v) is 6.06. The molecule has 0 bridgehead atoms. The van der Waals surface area contributed by atoms with Gasteiger partial charge >= 0.3 is 29.8 Å². The number of hydrogen-bond acceptors (Lipinski definition) is 8. The predicted octanol–water partition coefficient (Wildman–Crippen LogP) is 2.96. The summed E-state index contributed by atoms with van der Waals surface area (Å²) in [6.45, 7) is 5.84. The van der Waals surface area contributed by atoms with Crippen LogP contribution in [-0.4, -0.2) is 111 Å². The van der Waals surface area contributed by atoms with Crippen molar-refractivity contribution < 1.29 is 54.2 Å². The second-order valence-electron chi connectivity index (χ2n) is 9.06. The molecule has 0 spiro atoms. The van der Waals surface area contributed by atoms with Gasteiger partial charge in [-0.1, -0.05) is 54.1 Å². The first-order valence-electron chi connectivity index (χ1n) is 13.2. The van der Waals surface area contributed by atoms with Gasteiger partial charge in [0.25, 0.3) is 0 Å². The van der Waals surface area contributed by atoms with E-state index in [0.717, 1.165) is 48.9 Å². The first-order chi connectivity index (χ1) is 20.9. The largest absolute Gasteiger partial charge is 0.481 e. The molecule has 238 valence electrons. The molecule has 1 saturated heterocycles. The highest BCUT2D eigenvalue weighted by Gasteiger charge is 2.19. The zero-order chi connectivity index (χ0) is 32.9. The van der Waals surface area contributed by atoms with Crippen LogP contribution in [0.2, 0.25) is 5.02 Å². The van der Waals surface area contributed by atoms with Crippen molar-refractivity contribution in [3.05, 3.63) is 95.1 Å². The Balaban J connectivity index is 0.000000498. The van der Waals surface area contributed by atoms with Crippen LogP contribution in [0.15, 0.2) is 78.9 Å². The lowest BCUT2D eigenvalue weighted by atomic mass is 10.0.